The summed E-state index contributed by atoms with van der Waals surface area (Å²) in [6.45, 7) is 2.49. The topological polar surface area (TPSA) is 148 Å². The molecule has 1 unspecified atom stereocenters. The van der Waals surface area contributed by atoms with Crippen LogP contribution in [0, 0.1) is 18.6 Å². The van der Waals surface area contributed by atoms with Crippen molar-refractivity contribution in [1.29, 1.82) is 0 Å². The van der Waals surface area contributed by atoms with E-state index in [9.17, 15) is 19.1 Å². The quantitative estimate of drug-likeness (QED) is 0.207. The normalized spacial score (nSPS) is 17.8. The van der Waals surface area contributed by atoms with Crippen LogP contribution < -0.4 is 20.7 Å². The maximum Gasteiger partial charge on any atom is 0.250 e. The molecule has 5 N–H and O–H groups in total. The Kier molecular flexibility index (Phi) is 6.88. The number of nitrogens with two attached hydrogens (primary N) is 1. The third-order valence-corrected chi connectivity index (χ3v) is 8.33. The van der Waals surface area contributed by atoms with Gasteiger partial charge in [0.1, 0.15) is 22.9 Å². The summed E-state index contributed by atoms with van der Waals surface area (Å²) in [6, 6.07) is 15.2. The highest BCUT2D eigenvalue weighted by molar-refractivity contribution is 6.13. The number of anilines is 2. The average Bonchev–Trinajstić information content (AvgIpc) is 3.67. The van der Waals surface area contributed by atoms with Crippen LogP contribution in [0.25, 0.3) is 16.6 Å². The Morgan fingerprint density at radius 1 is 1.09 bits per heavy atom. The number of halogens is 2. The number of aliphatic hydroxyl groups excluding tert-OH is 1. The zero-order valence-electron chi connectivity index (χ0n) is 24.0. The van der Waals surface area contributed by atoms with Crippen molar-refractivity contribution in [2.75, 3.05) is 23.8 Å². The molecular weight excluding hydrogens is 586 g/mol. The first-order chi connectivity index (χ1) is 21.6. The highest BCUT2D eigenvalue weighted by Crippen LogP contribution is 2.36. The number of fused-ring (bicyclic) bond motifs is 1. The van der Waals surface area contributed by atoms with Crippen molar-refractivity contribution in [2.24, 2.45) is 0 Å². The van der Waals surface area contributed by atoms with Gasteiger partial charge in [-0.25, -0.2) is 13.5 Å². The van der Waals surface area contributed by atoms with Crippen molar-refractivity contribution in [3.63, 3.8) is 0 Å². The number of rotatable bonds is 6. The van der Waals surface area contributed by atoms with E-state index in [0.717, 1.165) is 4.90 Å². The molecule has 4 heterocycles. The lowest BCUT2D eigenvalue weighted by Gasteiger charge is -2.30. The summed E-state index contributed by atoms with van der Waals surface area (Å²) in [6.07, 6.45) is 0.624. The predicted octanol–water partition coefficient (Wildman–Crippen LogP) is 4.31. The lowest BCUT2D eigenvalue weighted by molar-refractivity contribution is -0.125. The van der Waals surface area contributed by atoms with Crippen molar-refractivity contribution in [2.45, 2.75) is 31.7 Å². The van der Waals surface area contributed by atoms with E-state index in [2.05, 4.69) is 15.4 Å². The molecule has 2 aromatic heterocycles. The van der Waals surface area contributed by atoms with Gasteiger partial charge in [-0.3, -0.25) is 19.8 Å². The number of H-pyrrole nitrogens is 1. The summed E-state index contributed by atoms with van der Waals surface area (Å²) in [5, 5.41) is 18.3. The van der Waals surface area contributed by atoms with Crippen LogP contribution in [-0.4, -0.2) is 56.7 Å². The molecule has 0 bridgehead atoms. The zero-order valence-corrected chi connectivity index (χ0v) is 24.0. The Balaban J connectivity index is 1.15. The van der Waals surface area contributed by atoms with Gasteiger partial charge in [-0.2, -0.15) is 5.10 Å². The summed E-state index contributed by atoms with van der Waals surface area (Å²) in [4.78, 5) is 30.9. The number of amides is 1. The number of carbonyl (C=O) groups excluding carboxylic acids is 2. The molecule has 45 heavy (non-hydrogen) atoms. The van der Waals surface area contributed by atoms with Crippen LogP contribution in [0.1, 0.15) is 34.5 Å². The van der Waals surface area contributed by atoms with Gasteiger partial charge in [-0.05, 0) is 73.9 Å². The fraction of sp³-hybridized carbons (Fsp3) is 0.219. The van der Waals surface area contributed by atoms with Crippen molar-refractivity contribution in [1.82, 2.24) is 20.1 Å². The highest BCUT2D eigenvalue weighted by Gasteiger charge is 2.52. The molecule has 5 aromatic rings. The van der Waals surface area contributed by atoms with Gasteiger partial charge in [0.2, 0.25) is 5.78 Å². The Hall–Kier alpha value is -5.11. The van der Waals surface area contributed by atoms with E-state index >= 15 is 4.39 Å². The highest BCUT2D eigenvalue weighted by atomic mass is 19.1. The number of ether oxygens (including phenoxy) is 2. The van der Waals surface area contributed by atoms with Crippen molar-refractivity contribution in [3.8, 4) is 17.2 Å². The number of carbonyl (C=O) groups is 2. The minimum absolute atomic E-state index is 0.0787. The molecule has 1 amide bonds. The van der Waals surface area contributed by atoms with Gasteiger partial charge in [0, 0.05) is 24.1 Å². The molecule has 0 radical (unpaired) electrons. The average molecular weight is 615 g/mol. The maximum atomic E-state index is 15.4. The molecule has 1 atom stereocenters. The second-order valence-corrected chi connectivity index (χ2v) is 11.1. The molecule has 13 heteroatoms. The molecule has 1 spiro atoms. The smallest absolute Gasteiger partial charge is 0.250 e. The first-order valence-electron chi connectivity index (χ1n) is 14.3. The van der Waals surface area contributed by atoms with Crippen LogP contribution in [0.5, 0.6) is 11.5 Å². The van der Waals surface area contributed by atoms with Gasteiger partial charge in [0.05, 0.1) is 28.8 Å². The van der Waals surface area contributed by atoms with Crippen molar-refractivity contribution in [3.05, 3.63) is 95.3 Å². The van der Waals surface area contributed by atoms with Gasteiger partial charge < -0.3 is 25.3 Å². The molecule has 2 saturated heterocycles. The van der Waals surface area contributed by atoms with Crippen LogP contribution in [-0.2, 0) is 9.53 Å². The SMILES string of the molecule is Cc1cc(Oc2ccccc2F)ccc1-n1ncc(C(=O)c2cc3cc(F)c(N4C(=O)C5(CCOCC5)NC4O)cc3[nH]2)c1N. The summed E-state index contributed by atoms with van der Waals surface area (Å²) in [7, 11) is 0. The van der Waals surface area contributed by atoms with Crippen LogP contribution >= 0.6 is 0 Å². The summed E-state index contributed by atoms with van der Waals surface area (Å²) in [5.74, 6) is -1.56. The molecule has 7 rings (SSSR count). The minimum Gasteiger partial charge on any atom is -0.454 e. The number of ketones is 1. The largest absolute Gasteiger partial charge is 0.454 e. The van der Waals surface area contributed by atoms with E-state index in [1.165, 1.54) is 41.2 Å². The number of aliphatic hydroxyl groups is 1. The van der Waals surface area contributed by atoms with E-state index in [0.29, 0.717) is 54.0 Å². The second kappa shape index (κ2) is 10.8. The zero-order chi connectivity index (χ0) is 31.5. The van der Waals surface area contributed by atoms with Crippen LogP contribution in [0.2, 0.25) is 0 Å². The lowest BCUT2D eigenvalue weighted by atomic mass is 9.90. The van der Waals surface area contributed by atoms with Gasteiger partial charge >= 0.3 is 0 Å². The minimum atomic E-state index is -1.42. The lowest BCUT2D eigenvalue weighted by Crippen LogP contribution is -2.51. The van der Waals surface area contributed by atoms with Crippen LogP contribution in [0.15, 0.2) is 66.9 Å². The molecular formula is C32H28F2N6O5. The fourth-order valence-electron chi connectivity index (χ4n) is 5.94. The predicted molar refractivity (Wildman–Crippen MR) is 160 cm³/mol. The number of aromatic amines is 1. The van der Waals surface area contributed by atoms with E-state index in [4.69, 9.17) is 15.2 Å². The fourth-order valence-corrected chi connectivity index (χ4v) is 5.94. The van der Waals surface area contributed by atoms with Gasteiger partial charge in [-0.1, -0.05) is 12.1 Å². The molecule has 2 fully saturated rings. The van der Waals surface area contributed by atoms with Crippen LogP contribution in [0.3, 0.4) is 0 Å². The third kappa shape index (κ3) is 4.81. The van der Waals surface area contributed by atoms with Gasteiger partial charge in [0.15, 0.2) is 17.9 Å². The molecule has 3 aromatic carbocycles. The number of aryl methyl sites for hydroxylation is 1. The molecule has 2 aliphatic rings. The maximum absolute atomic E-state index is 15.4. The number of para-hydroxylation sites is 1. The van der Waals surface area contributed by atoms with Crippen molar-refractivity contribution >= 4 is 34.1 Å². The number of hydrogen-bond donors (Lipinski definition) is 4. The van der Waals surface area contributed by atoms with Crippen LogP contribution in [0.4, 0.5) is 20.3 Å². The molecule has 11 nitrogen and oxygen atoms in total. The van der Waals surface area contributed by atoms with Gasteiger partial charge in [-0.15, -0.1) is 0 Å². The van der Waals surface area contributed by atoms with E-state index in [1.54, 1.807) is 37.3 Å². The first-order valence-corrected chi connectivity index (χ1v) is 14.3. The van der Waals surface area contributed by atoms with E-state index in [1.807, 2.05) is 0 Å². The Labute approximate surface area is 255 Å². The molecule has 2 aliphatic heterocycles. The molecule has 230 valence electrons. The summed E-state index contributed by atoms with van der Waals surface area (Å²) in [5.41, 5.74) is 7.16. The second-order valence-electron chi connectivity index (χ2n) is 11.1. The number of hydrogen-bond acceptors (Lipinski definition) is 8. The van der Waals surface area contributed by atoms with Gasteiger partial charge in [0.25, 0.3) is 5.91 Å². The number of nitrogens with one attached hydrogen (secondary N) is 2. The van der Waals surface area contributed by atoms with E-state index < -0.39 is 35.2 Å². The number of benzene rings is 3. The van der Waals surface area contributed by atoms with Crippen molar-refractivity contribution < 1.29 is 33.0 Å². The standard InChI is InChI=1S/C32H28F2N6O5/c1-17-12-19(45-27-5-3-2-4-21(27)33)6-7-25(17)40-29(35)20(16-36-40)28(41)24-14-18-13-22(34)26(15-23(18)37-24)39-30(42)32(38-31(39)43)8-10-44-11-9-32/h2-7,12-16,31,37-38,43H,8-11,35H2,1H3. The molecule has 0 aliphatic carbocycles. The summed E-state index contributed by atoms with van der Waals surface area (Å²) >= 11 is 0. The monoisotopic (exact) mass is 614 g/mol. The number of nitrogen functional groups attached to an aromatic ring is 1. The Morgan fingerprint density at radius 2 is 1.87 bits per heavy atom. The number of aromatic nitrogens is 3. The number of nitrogens with zero attached hydrogens (tertiary/aromatic N) is 3. The Morgan fingerprint density at radius 3 is 2.62 bits per heavy atom. The first kappa shape index (κ1) is 28.6. The Bertz CT molecular complexity index is 1980. The van der Waals surface area contributed by atoms with E-state index in [-0.39, 0.29) is 28.5 Å². The molecule has 0 saturated carbocycles. The summed E-state index contributed by atoms with van der Waals surface area (Å²) < 4.78 is 41.8. The third-order valence-electron chi connectivity index (χ3n) is 8.33.